The minimum absolute atomic E-state index is 0.00617. The number of hydrogen-bond acceptors (Lipinski definition) is 4. The van der Waals surface area contributed by atoms with Crippen molar-refractivity contribution >= 4 is 17.3 Å². The van der Waals surface area contributed by atoms with Crippen molar-refractivity contribution in [3.05, 3.63) is 64.0 Å². The van der Waals surface area contributed by atoms with Crippen LogP contribution in [0.15, 0.2) is 42.6 Å². The lowest BCUT2D eigenvalue weighted by Gasteiger charge is -2.07. The topological polar surface area (TPSA) is 85.1 Å². The molecule has 0 saturated carbocycles. The molecule has 2 aromatic rings. The summed E-state index contributed by atoms with van der Waals surface area (Å²) in [5.74, 6) is -0.349. The third kappa shape index (κ3) is 2.92. The smallest absolute Gasteiger partial charge is 0.274 e. The minimum Gasteiger partial charge on any atom is -0.320 e. The molecule has 2 rings (SSSR count). The van der Waals surface area contributed by atoms with Gasteiger partial charge >= 0.3 is 0 Å². The predicted octanol–water partition coefficient (Wildman–Crippen LogP) is 2.55. The molecule has 1 amide bonds. The van der Waals surface area contributed by atoms with Crippen molar-refractivity contribution in [2.45, 2.75) is 6.92 Å². The Hall–Kier alpha value is -2.76. The average molecular weight is 257 g/mol. The zero-order chi connectivity index (χ0) is 13.8. The molecule has 6 heteroatoms. The molecule has 1 aromatic carbocycles. The molecule has 1 N–H and O–H groups in total. The number of rotatable bonds is 3. The standard InChI is InChI=1S/C13H11N3O3/c1-9-8-10(16(18)19)5-6-11(9)15-13(17)12-4-2-3-7-14-12/h2-8H,1H3,(H,15,17). The Morgan fingerprint density at radius 1 is 1.32 bits per heavy atom. The number of nitrogens with one attached hydrogen (secondary N) is 1. The van der Waals surface area contributed by atoms with Gasteiger partial charge in [0.1, 0.15) is 5.69 Å². The fourth-order valence-electron chi connectivity index (χ4n) is 1.59. The number of carbonyl (C=O) groups is 1. The minimum atomic E-state index is -0.475. The van der Waals surface area contributed by atoms with Gasteiger partial charge in [-0.05, 0) is 30.7 Å². The molecular formula is C13H11N3O3. The molecule has 1 heterocycles. The van der Waals surface area contributed by atoms with Crippen LogP contribution in [-0.2, 0) is 0 Å². The van der Waals surface area contributed by atoms with Crippen molar-refractivity contribution in [1.29, 1.82) is 0 Å². The SMILES string of the molecule is Cc1cc([N+](=O)[O-])ccc1NC(=O)c1ccccn1. The van der Waals surface area contributed by atoms with Crippen molar-refractivity contribution < 1.29 is 9.72 Å². The molecule has 0 spiro atoms. The van der Waals surface area contributed by atoms with E-state index in [9.17, 15) is 14.9 Å². The van der Waals surface area contributed by atoms with Crippen LogP contribution >= 0.6 is 0 Å². The quantitative estimate of drug-likeness (QED) is 0.676. The van der Waals surface area contributed by atoms with E-state index < -0.39 is 4.92 Å². The zero-order valence-electron chi connectivity index (χ0n) is 10.2. The molecule has 1 aromatic heterocycles. The van der Waals surface area contributed by atoms with E-state index in [0.717, 1.165) is 0 Å². The number of anilines is 1. The van der Waals surface area contributed by atoms with E-state index in [2.05, 4.69) is 10.3 Å². The lowest BCUT2D eigenvalue weighted by molar-refractivity contribution is -0.384. The molecular weight excluding hydrogens is 246 g/mol. The third-order valence-electron chi connectivity index (χ3n) is 2.57. The summed E-state index contributed by atoms with van der Waals surface area (Å²) in [7, 11) is 0. The number of nitrogens with zero attached hydrogens (tertiary/aromatic N) is 2. The predicted molar refractivity (Wildman–Crippen MR) is 70.0 cm³/mol. The summed E-state index contributed by atoms with van der Waals surface area (Å²) in [5, 5.41) is 13.3. The highest BCUT2D eigenvalue weighted by molar-refractivity contribution is 6.03. The second-order valence-corrected chi connectivity index (χ2v) is 3.93. The molecule has 0 radical (unpaired) electrons. The zero-order valence-corrected chi connectivity index (χ0v) is 10.2. The molecule has 0 aliphatic heterocycles. The van der Waals surface area contributed by atoms with Crippen LogP contribution in [-0.4, -0.2) is 15.8 Å². The van der Waals surface area contributed by atoms with Crippen LogP contribution in [0.2, 0.25) is 0 Å². The lowest BCUT2D eigenvalue weighted by Crippen LogP contribution is -2.14. The number of aryl methyl sites for hydroxylation is 1. The molecule has 0 aliphatic carbocycles. The van der Waals surface area contributed by atoms with Gasteiger partial charge in [0.2, 0.25) is 0 Å². The van der Waals surface area contributed by atoms with Crippen molar-refractivity contribution in [2.24, 2.45) is 0 Å². The molecule has 96 valence electrons. The van der Waals surface area contributed by atoms with Gasteiger partial charge in [0.25, 0.3) is 11.6 Å². The normalized spacial score (nSPS) is 9.95. The van der Waals surface area contributed by atoms with E-state index in [-0.39, 0.29) is 11.6 Å². The monoisotopic (exact) mass is 257 g/mol. The number of pyridine rings is 1. The highest BCUT2D eigenvalue weighted by Gasteiger charge is 2.11. The average Bonchev–Trinajstić information content (AvgIpc) is 2.41. The van der Waals surface area contributed by atoms with Crippen molar-refractivity contribution in [2.75, 3.05) is 5.32 Å². The van der Waals surface area contributed by atoms with Gasteiger partial charge in [0.05, 0.1) is 4.92 Å². The van der Waals surface area contributed by atoms with Gasteiger partial charge in [-0.25, -0.2) is 0 Å². The number of hydrogen-bond donors (Lipinski definition) is 1. The summed E-state index contributed by atoms with van der Waals surface area (Å²) in [6.07, 6.45) is 1.53. The van der Waals surface area contributed by atoms with E-state index in [0.29, 0.717) is 16.9 Å². The molecule has 0 bridgehead atoms. The van der Waals surface area contributed by atoms with Gasteiger partial charge in [-0.3, -0.25) is 19.9 Å². The summed E-state index contributed by atoms with van der Waals surface area (Å²) in [6, 6.07) is 9.29. The first kappa shape index (κ1) is 12.7. The lowest BCUT2D eigenvalue weighted by atomic mass is 10.1. The summed E-state index contributed by atoms with van der Waals surface area (Å²) in [5.41, 5.74) is 1.44. The maximum absolute atomic E-state index is 11.9. The Balaban J connectivity index is 2.20. The molecule has 0 atom stereocenters. The number of nitro benzene ring substituents is 1. The maximum Gasteiger partial charge on any atom is 0.274 e. The summed E-state index contributed by atoms with van der Waals surface area (Å²) < 4.78 is 0. The van der Waals surface area contributed by atoms with Crippen molar-refractivity contribution in [3.63, 3.8) is 0 Å². The Morgan fingerprint density at radius 3 is 2.68 bits per heavy atom. The highest BCUT2D eigenvalue weighted by atomic mass is 16.6. The number of benzene rings is 1. The molecule has 19 heavy (non-hydrogen) atoms. The second kappa shape index (κ2) is 5.26. The first-order chi connectivity index (χ1) is 9.08. The summed E-state index contributed by atoms with van der Waals surface area (Å²) in [4.78, 5) is 25.9. The van der Waals surface area contributed by atoms with E-state index in [1.54, 1.807) is 25.1 Å². The third-order valence-corrected chi connectivity index (χ3v) is 2.57. The van der Waals surface area contributed by atoms with Crippen LogP contribution in [0.5, 0.6) is 0 Å². The fourth-order valence-corrected chi connectivity index (χ4v) is 1.59. The van der Waals surface area contributed by atoms with Crippen LogP contribution in [0.4, 0.5) is 11.4 Å². The number of aromatic nitrogens is 1. The van der Waals surface area contributed by atoms with E-state index in [4.69, 9.17) is 0 Å². The van der Waals surface area contributed by atoms with Gasteiger partial charge in [-0.1, -0.05) is 6.07 Å². The first-order valence-corrected chi connectivity index (χ1v) is 5.55. The molecule has 6 nitrogen and oxygen atoms in total. The van der Waals surface area contributed by atoms with Gasteiger partial charge in [-0.2, -0.15) is 0 Å². The van der Waals surface area contributed by atoms with Gasteiger partial charge < -0.3 is 5.32 Å². The maximum atomic E-state index is 11.9. The fraction of sp³-hybridized carbons (Fsp3) is 0.0769. The van der Waals surface area contributed by atoms with Crippen molar-refractivity contribution in [3.8, 4) is 0 Å². The number of non-ortho nitro benzene ring substituents is 1. The molecule has 0 aliphatic rings. The van der Waals surface area contributed by atoms with E-state index >= 15 is 0 Å². The highest BCUT2D eigenvalue weighted by Crippen LogP contribution is 2.21. The van der Waals surface area contributed by atoms with Gasteiger partial charge in [0.15, 0.2) is 0 Å². The first-order valence-electron chi connectivity index (χ1n) is 5.55. The van der Waals surface area contributed by atoms with Crippen molar-refractivity contribution in [1.82, 2.24) is 4.98 Å². The van der Waals surface area contributed by atoms with Crippen LogP contribution in [0.25, 0.3) is 0 Å². The van der Waals surface area contributed by atoms with Gasteiger partial charge in [0, 0.05) is 24.0 Å². The van der Waals surface area contributed by atoms with Crippen LogP contribution in [0.3, 0.4) is 0 Å². The largest absolute Gasteiger partial charge is 0.320 e. The molecule has 0 fully saturated rings. The summed E-state index contributed by atoms with van der Waals surface area (Å²) >= 11 is 0. The number of amides is 1. The number of carbonyl (C=O) groups excluding carboxylic acids is 1. The Kier molecular flexibility index (Phi) is 3.51. The second-order valence-electron chi connectivity index (χ2n) is 3.93. The van der Waals surface area contributed by atoms with E-state index in [1.807, 2.05) is 0 Å². The van der Waals surface area contributed by atoms with E-state index in [1.165, 1.54) is 24.4 Å². The Bertz CT molecular complexity index is 626. The summed E-state index contributed by atoms with van der Waals surface area (Å²) in [6.45, 7) is 1.70. The van der Waals surface area contributed by atoms with Crippen LogP contribution in [0.1, 0.15) is 16.1 Å². The molecule has 0 unspecified atom stereocenters. The number of nitro groups is 1. The molecule has 0 saturated heterocycles. The Morgan fingerprint density at radius 2 is 2.11 bits per heavy atom. The Labute approximate surface area is 109 Å². The van der Waals surface area contributed by atoms with Crippen LogP contribution < -0.4 is 5.32 Å². The van der Waals surface area contributed by atoms with Gasteiger partial charge in [-0.15, -0.1) is 0 Å². The van der Waals surface area contributed by atoms with Crippen LogP contribution in [0, 0.1) is 17.0 Å².